The second-order valence-corrected chi connectivity index (χ2v) is 8.32. The third-order valence-electron chi connectivity index (χ3n) is 4.97. The number of aryl methyl sites for hydroxylation is 3. The molecule has 31 heavy (non-hydrogen) atoms. The summed E-state index contributed by atoms with van der Waals surface area (Å²) in [7, 11) is 1.52. The van der Waals surface area contributed by atoms with Crippen molar-refractivity contribution in [2.24, 2.45) is 0 Å². The summed E-state index contributed by atoms with van der Waals surface area (Å²) < 4.78 is 5.34. The first kappa shape index (κ1) is 22.6. The minimum Gasteiger partial charge on any atom is -0.494 e. The molecule has 1 aromatic heterocycles. The van der Waals surface area contributed by atoms with Gasteiger partial charge in [-0.2, -0.15) is 0 Å². The molecule has 0 radical (unpaired) electrons. The number of aromatic nitrogens is 1. The fraction of sp³-hybridized carbons (Fsp3) is 0.292. The van der Waals surface area contributed by atoms with Crippen LogP contribution in [0.5, 0.6) is 5.75 Å². The zero-order chi connectivity index (χ0) is 22.5. The molecule has 7 heteroatoms. The van der Waals surface area contributed by atoms with Gasteiger partial charge in [0, 0.05) is 23.6 Å². The molecule has 0 aliphatic carbocycles. The Morgan fingerprint density at radius 3 is 2.42 bits per heavy atom. The molecule has 0 saturated heterocycles. The molecular formula is C24H27N3O3S. The molecule has 3 rings (SSSR count). The number of hydrogen-bond donors (Lipinski definition) is 2. The highest BCUT2D eigenvalue weighted by molar-refractivity contribution is 8.00. The molecule has 6 nitrogen and oxygen atoms in total. The van der Waals surface area contributed by atoms with Crippen molar-refractivity contribution in [2.45, 2.75) is 39.1 Å². The molecule has 0 aliphatic heterocycles. The molecule has 0 bridgehead atoms. The lowest BCUT2D eigenvalue weighted by molar-refractivity contribution is -0.116. The van der Waals surface area contributed by atoms with Gasteiger partial charge in [0.2, 0.25) is 11.8 Å². The number of pyridine rings is 1. The van der Waals surface area contributed by atoms with Crippen molar-refractivity contribution in [3.63, 3.8) is 0 Å². The van der Waals surface area contributed by atoms with Crippen LogP contribution in [0.2, 0.25) is 0 Å². The molecule has 0 spiro atoms. The molecule has 0 aliphatic rings. The maximum absolute atomic E-state index is 12.5. The van der Waals surface area contributed by atoms with E-state index in [0.717, 1.165) is 27.1 Å². The van der Waals surface area contributed by atoms with E-state index in [4.69, 9.17) is 9.72 Å². The molecule has 0 atom stereocenters. The quantitative estimate of drug-likeness (QED) is 0.494. The van der Waals surface area contributed by atoms with E-state index >= 15 is 0 Å². The van der Waals surface area contributed by atoms with Gasteiger partial charge in [0.15, 0.2) is 0 Å². The molecule has 2 aromatic carbocycles. The van der Waals surface area contributed by atoms with Crippen LogP contribution in [0.15, 0.2) is 41.4 Å². The van der Waals surface area contributed by atoms with Crippen molar-refractivity contribution >= 4 is 45.9 Å². The Kier molecular flexibility index (Phi) is 7.17. The van der Waals surface area contributed by atoms with Gasteiger partial charge in [-0.05, 0) is 55.7 Å². The van der Waals surface area contributed by atoms with E-state index in [1.54, 1.807) is 25.1 Å². The molecule has 162 valence electrons. The van der Waals surface area contributed by atoms with Gasteiger partial charge >= 0.3 is 0 Å². The lowest BCUT2D eigenvalue weighted by Crippen LogP contribution is -2.15. The van der Waals surface area contributed by atoms with Gasteiger partial charge in [0.1, 0.15) is 10.8 Å². The van der Waals surface area contributed by atoms with Crippen molar-refractivity contribution in [2.75, 3.05) is 23.5 Å². The van der Waals surface area contributed by atoms with Gasteiger partial charge in [0.25, 0.3) is 0 Å². The molecular weight excluding hydrogens is 410 g/mol. The first-order chi connectivity index (χ1) is 14.8. The predicted octanol–water partition coefficient (Wildman–Crippen LogP) is 5.25. The summed E-state index contributed by atoms with van der Waals surface area (Å²) in [6.07, 6.45) is 0.375. The van der Waals surface area contributed by atoms with Crippen molar-refractivity contribution in [1.29, 1.82) is 0 Å². The Labute approximate surface area is 186 Å². The zero-order valence-corrected chi connectivity index (χ0v) is 19.3. The van der Waals surface area contributed by atoms with Crippen LogP contribution in [0.25, 0.3) is 10.9 Å². The Morgan fingerprint density at radius 1 is 0.968 bits per heavy atom. The summed E-state index contributed by atoms with van der Waals surface area (Å²) in [4.78, 5) is 29.0. The Balaban J connectivity index is 1.70. The van der Waals surface area contributed by atoms with Gasteiger partial charge in [-0.15, -0.1) is 0 Å². The van der Waals surface area contributed by atoms with Crippen LogP contribution in [-0.2, 0) is 9.59 Å². The molecule has 0 saturated carbocycles. The smallest absolute Gasteiger partial charge is 0.234 e. The topological polar surface area (TPSA) is 80.3 Å². The Morgan fingerprint density at radius 2 is 1.71 bits per heavy atom. The van der Waals surface area contributed by atoms with Crippen LogP contribution in [0, 0.1) is 20.8 Å². The number of thioether (sulfide) groups is 1. The highest BCUT2D eigenvalue weighted by Gasteiger charge is 2.12. The van der Waals surface area contributed by atoms with Gasteiger partial charge in [-0.3, -0.25) is 9.59 Å². The molecule has 2 amide bonds. The van der Waals surface area contributed by atoms with E-state index in [1.807, 2.05) is 13.8 Å². The van der Waals surface area contributed by atoms with Gasteiger partial charge in [-0.1, -0.05) is 30.8 Å². The number of carbonyl (C=O) groups is 2. The zero-order valence-electron chi connectivity index (χ0n) is 18.5. The minimum atomic E-state index is -0.139. The van der Waals surface area contributed by atoms with Crippen molar-refractivity contribution in [3.8, 4) is 5.75 Å². The molecule has 1 heterocycles. The van der Waals surface area contributed by atoms with E-state index in [9.17, 15) is 9.59 Å². The highest BCUT2D eigenvalue weighted by Crippen LogP contribution is 2.30. The SMILES string of the molecule is CCC(=O)Nc1ccc(NC(=O)CSc2nc3c(C)ccc(C)c3cc2C)cc1OC. The van der Waals surface area contributed by atoms with E-state index in [2.05, 4.69) is 35.8 Å². The van der Waals surface area contributed by atoms with E-state index < -0.39 is 0 Å². The molecule has 3 aromatic rings. The number of benzene rings is 2. The minimum absolute atomic E-state index is 0.102. The van der Waals surface area contributed by atoms with Gasteiger partial charge in [0.05, 0.1) is 24.1 Å². The monoisotopic (exact) mass is 437 g/mol. The Hall–Kier alpha value is -3.06. The number of anilines is 2. The van der Waals surface area contributed by atoms with Crippen LogP contribution in [0.1, 0.15) is 30.0 Å². The van der Waals surface area contributed by atoms with E-state index in [1.165, 1.54) is 24.4 Å². The average Bonchev–Trinajstić information content (AvgIpc) is 2.76. The van der Waals surface area contributed by atoms with Gasteiger partial charge < -0.3 is 15.4 Å². The van der Waals surface area contributed by atoms with Crippen molar-refractivity contribution in [1.82, 2.24) is 4.98 Å². The largest absolute Gasteiger partial charge is 0.494 e. The number of hydrogen-bond acceptors (Lipinski definition) is 5. The Bertz CT molecular complexity index is 1140. The lowest BCUT2D eigenvalue weighted by Gasteiger charge is -2.13. The van der Waals surface area contributed by atoms with E-state index in [-0.39, 0.29) is 17.6 Å². The van der Waals surface area contributed by atoms with E-state index in [0.29, 0.717) is 23.5 Å². The predicted molar refractivity (Wildman–Crippen MR) is 127 cm³/mol. The summed E-state index contributed by atoms with van der Waals surface area (Å²) in [6, 6.07) is 11.5. The molecule has 0 unspecified atom stereocenters. The first-order valence-corrected chi connectivity index (χ1v) is 11.1. The average molecular weight is 438 g/mol. The lowest BCUT2D eigenvalue weighted by atomic mass is 10.0. The van der Waals surface area contributed by atoms with Crippen LogP contribution >= 0.6 is 11.8 Å². The second-order valence-electron chi connectivity index (χ2n) is 7.36. The fourth-order valence-corrected chi connectivity index (χ4v) is 3.99. The number of rotatable bonds is 7. The second kappa shape index (κ2) is 9.83. The standard InChI is InChI=1S/C24H27N3O3S/c1-6-21(28)26-19-10-9-17(12-20(19)30-5)25-22(29)13-31-24-16(4)11-18-14(2)7-8-15(3)23(18)27-24/h7-12H,6,13H2,1-5H3,(H,25,29)(H,26,28). The van der Waals surface area contributed by atoms with Crippen molar-refractivity contribution < 1.29 is 14.3 Å². The number of fused-ring (bicyclic) bond motifs is 1. The summed E-state index contributed by atoms with van der Waals surface area (Å²) >= 11 is 1.42. The van der Waals surface area contributed by atoms with Crippen molar-refractivity contribution in [3.05, 3.63) is 53.1 Å². The summed E-state index contributed by atoms with van der Waals surface area (Å²) in [5.41, 5.74) is 5.52. The molecule has 2 N–H and O–H groups in total. The first-order valence-electron chi connectivity index (χ1n) is 10.1. The number of ether oxygens (including phenoxy) is 1. The third kappa shape index (κ3) is 5.35. The maximum atomic E-state index is 12.5. The van der Waals surface area contributed by atoms with Crippen LogP contribution in [-0.4, -0.2) is 29.7 Å². The number of nitrogens with zero attached hydrogens (tertiary/aromatic N) is 1. The fourth-order valence-electron chi connectivity index (χ4n) is 3.20. The van der Waals surface area contributed by atoms with Gasteiger partial charge in [-0.25, -0.2) is 4.98 Å². The summed E-state index contributed by atoms with van der Waals surface area (Å²) in [5.74, 6) is 0.487. The number of methoxy groups -OCH3 is 1. The molecule has 0 fully saturated rings. The maximum Gasteiger partial charge on any atom is 0.234 e. The summed E-state index contributed by atoms with van der Waals surface area (Å²) in [5, 5.41) is 7.66. The highest BCUT2D eigenvalue weighted by atomic mass is 32.2. The van der Waals surface area contributed by atoms with Crippen LogP contribution in [0.4, 0.5) is 11.4 Å². The third-order valence-corrected chi connectivity index (χ3v) is 6.06. The number of carbonyl (C=O) groups excluding carboxylic acids is 2. The number of amides is 2. The number of nitrogens with one attached hydrogen (secondary N) is 2. The normalized spacial score (nSPS) is 10.7. The summed E-state index contributed by atoms with van der Waals surface area (Å²) in [6.45, 7) is 7.92. The van der Waals surface area contributed by atoms with Crippen LogP contribution in [0.3, 0.4) is 0 Å². The van der Waals surface area contributed by atoms with Crippen LogP contribution < -0.4 is 15.4 Å².